The molecule has 0 aromatic carbocycles. The second-order valence-electron chi connectivity index (χ2n) is 11.9. The Morgan fingerprint density at radius 1 is 0.933 bits per heavy atom. The van der Waals surface area contributed by atoms with Crippen molar-refractivity contribution in [1.29, 1.82) is 0 Å². The number of esters is 1. The first-order valence-electron chi connectivity index (χ1n) is 15.4. The van der Waals surface area contributed by atoms with Crippen LogP contribution in [0, 0.1) is 17.8 Å². The van der Waals surface area contributed by atoms with Crippen LogP contribution in [0.5, 0.6) is 0 Å². The third-order valence-corrected chi connectivity index (χ3v) is 7.65. The van der Waals surface area contributed by atoms with Crippen molar-refractivity contribution >= 4 is 27.9 Å². The molecule has 45 heavy (non-hydrogen) atoms. The molecule has 0 saturated heterocycles. The molecule has 1 heterocycles. The van der Waals surface area contributed by atoms with Gasteiger partial charge in [-0.2, -0.15) is 8.42 Å². The van der Waals surface area contributed by atoms with Crippen LogP contribution in [0.1, 0.15) is 79.6 Å². The number of cyclic esters (lactones) is 1. The molecule has 0 bridgehead atoms. The maximum Gasteiger partial charge on any atom is 0.397 e. The Kier molecular flexibility index (Phi) is 18.7. The molecule has 0 fully saturated rings. The van der Waals surface area contributed by atoms with Gasteiger partial charge in [-0.3, -0.25) is 14.1 Å². The first-order chi connectivity index (χ1) is 21.1. The largest absolute Gasteiger partial charge is 0.459 e. The smallest absolute Gasteiger partial charge is 0.397 e. The molecule has 10 nitrogen and oxygen atoms in total. The summed E-state index contributed by atoms with van der Waals surface area (Å²) in [5.41, 5.74) is 0.821. The quantitative estimate of drug-likeness (QED) is 0.267. The number of hydrogen-bond acceptors (Lipinski definition) is 9. The lowest BCUT2D eigenvalue weighted by Crippen LogP contribution is -2.39. The SMILES string of the molecule is CC1=C\C(C)C(CC(C)C)OC(=O)/C=C/C=C/C=C/C=C/CCCC(OS(=O)(=O)O)C(O)C(=O)CC(O)CCC(C)C(=O)\C=C\1. The van der Waals surface area contributed by atoms with Crippen LogP contribution in [0.25, 0.3) is 0 Å². The summed E-state index contributed by atoms with van der Waals surface area (Å²) in [6, 6.07) is 0. The lowest BCUT2D eigenvalue weighted by molar-refractivity contribution is -0.145. The second-order valence-corrected chi connectivity index (χ2v) is 13.0. The Hall–Kier alpha value is -2.96. The number of rotatable bonds is 4. The topological polar surface area (TPSA) is 164 Å². The predicted molar refractivity (Wildman–Crippen MR) is 173 cm³/mol. The van der Waals surface area contributed by atoms with Gasteiger partial charge in [-0.25, -0.2) is 8.98 Å². The van der Waals surface area contributed by atoms with E-state index >= 15 is 0 Å². The van der Waals surface area contributed by atoms with Crippen molar-refractivity contribution in [3.8, 4) is 0 Å². The fraction of sp³-hybridized carbons (Fsp3) is 0.559. The zero-order valence-electron chi connectivity index (χ0n) is 26.9. The maximum atomic E-state index is 12.7. The minimum Gasteiger partial charge on any atom is -0.459 e. The molecule has 1 aliphatic heterocycles. The summed E-state index contributed by atoms with van der Waals surface area (Å²) in [5, 5.41) is 20.9. The van der Waals surface area contributed by atoms with Gasteiger partial charge in [0.2, 0.25) is 0 Å². The van der Waals surface area contributed by atoms with Gasteiger partial charge in [-0.15, -0.1) is 0 Å². The van der Waals surface area contributed by atoms with E-state index < -0.39 is 52.8 Å². The summed E-state index contributed by atoms with van der Waals surface area (Å²) in [6.45, 7) is 9.63. The molecule has 3 N–H and O–H groups in total. The first-order valence-corrected chi connectivity index (χ1v) is 16.8. The van der Waals surface area contributed by atoms with Crippen LogP contribution in [0.2, 0.25) is 0 Å². The number of carbonyl (C=O) groups excluding carboxylic acids is 3. The molecule has 0 saturated carbocycles. The van der Waals surface area contributed by atoms with Crippen LogP contribution in [0.3, 0.4) is 0 Å². The van der Waals surface area contributed by atoms with Crippen LogP contribution < -0.4 is 0 Å². The van der Waals surface area contributed by atoms with E-state index in [9.17, 15) is 33.0 Å². The summed E-state index contributed by atoms with van der Waals surface area (Å²) >= 11 is 0. The zero-order valence-corrected chi connectivity index (χ0v) is 27.8. The van der Waals surface area contributed by atoms with E-state index in [2.05, 4.69) is 18.0 Å². The van der Waals surface area contributed by atoms with Crippen molar-refractivity contribution in [1.82, 2.24) is 0 Å². The molecule has 6 unspecified atom stereocenters. The van der Waals surface area contributed by atoms with E-state index in [0.717, 1.165) is 5.57 Å². The van der Waals surface area contributed by atoms with Crippen molar-refractivity contribution < 1.29 is 46.5 Å². The second kappa shape index (κ2) is 21.0. The number of carbonyl (C=O) groups is 3. The minimum atomic E-state index is -4.95. The van der Waals surface area contributed by atoms with Gasteiger partial charge >= 0.3 is 16.4 Å². The zero-order chi connectivity index (χ0) is 34.0. The van der Waals surface area contributed by atoms with E-state index in [1.807, 2.05) is 19.9 Å². The van der Waals surface area contributed by atoms with Gasteiger partial charge in [0, 0.05) is 24.3 Å². The molecule has 0 aromatic heterocycles. The average molecular weight is 651 g/mol. The highest BCUT2D eigenvalue weighted by Crippen LogP contribution is 2.21. The van der Waals surface area contributed by atoms with Gasteiger partial charge in [-0.1, -0.05) is 88.0 Å². The third-order valence-electron chi connectivity index (χ3n) is 7.16. The number of aliphatic hydroxyl groups excluding tert-OH is 2. The molecule has 0 aliphatic carbocycles. The fourth-order valence-electron chi connectivity index (χ4n) is 4.64. The number of aliphatic hydroxyl groups is 2. The Morgan fingerprint density at radius 2 is 1.58 bits per heavy atom. The summed E-state index contributed by atoms with van der Waals surface area (Å²) in [4.78, 5) is 37.8. The first kappa shape index (κ1) is 40.1. The molecule has 1 rings (SSSR count). The highest BCUT2D eigenvalue weighted by molar-refractivity contribution is 7.80. The van der Waals surface area contributed by atoms with Crippen molar-refractivity contribution in [3.05, 3.63) is 72.4 Å². The molecule has 6 atom stereocenters. The molecule has 11 heteroatoms. The lowest BCUT2D eigenvalue weighted by Gasteiger charge is -2.23. The molecule has 0 aromatic rings. The predicted octanol–water partition coefficient (Wildman–Crippen LogP) is 5.35. The van der Waals surface area contributed by atoms with Crippen molar-refractivity contribution in [3.63, 3.8) is 0 Å². The molecule has 0 spiro atoms. The average Bonchev–Trinajstić information content (AvgIpc) is 2.94. The van der Waals surface area contributed by atoms with Crippen molar-refractivity contribution in [2.24, 2.45) is 17.8 Å². The summed E-state index contributed by atoms with van der Waals surface area (Å²) < 4.78 is 42.1. The van der Waals surface area contributed by atoms with E-state index in [1.165, 1.54) is 12.2 Å². The Balaban J connectivity index is 3.16. The summed E-state index contributed by atoms with van der Waals surface area (Å²) in [5.74, 6) is -1.72. The summed E-state index contributed by atoms with van der Waals surface area (Å²) in [7, 11) is -4.95. The van der Waals surface area contributed by atoms with Crippen LogP contribution in [0.15, 0.2) is 72.4 Å². The molecule has 1 aliphatic rings. The molecule has 0 radical (unpaired) electrons. The highest BCUT2D eigenvalue weighted by atomic mass is 32.3. The lowest BCUT2D eigenvalue weighted by atomic mass is 9.93. The minimum absolute atomic E-state index is 0.0554. The van der Waals surface area contributed by atoms with Crippen molar-refractivity contribution in [2.75, 3.05) is 0 Å². The van der Waals surface area contributed by atoms with E-state index in [0.29, 0.717) is 25.2 Å². The maximum absolute atomic E-state index is 12.7. The van der Waals surface area contributed by atoms with E-state index in [1.54, 1.807) is 55.5 Å². The van der Waals surface area contributed by atoms with Crippen LogP contribution in [-0.4, -0.2) is 65.1 Å². The monoisotopic (exact) mass is 650 g/mol. The molecule has 252 valence electrons. The van der Waals surface area contributed by atoms with Crippen LogP contribution >= 0.6 is 0 Å². The van der Waals surface area contributed by atoms with Gasteiger partial charge in [0.15, 0.2) is 11.6 Å². The normalized spacial score (nSPS) is 32.7. The van der Waals surface area contributed by atoms with E-state index in [-0.39, 0.29) is 37.1 Å². The Morgan fingerprint density at radius 3 is 2.22 bits per heavy atom. The van der Waals surface area contributed by atoms with Gasteiger partial charge in [0.25, 0.3) is 0 Å². The van der Waals surface area contributed by atoms with Gasteiger partial charge in [0.1, 0.15) is 18.3 Å². The fourth-order valence-corrected chi connectivity index (χ4v) is 5.16. The number of Topliss-reactive ketones (excluding diaryl/α,β-unsaturated/α-hetero) is 1. The van der Waals surface area contributed by atoms with Crippen molar-refractivity contribution in [2.45, 2.75) is 104 Å². The number of ketones is 2. The number of ether oxygens (including phenoxy) is 1. The Bertz CT molecular complexity index is 1240. The molecular formula is C34H50O10S. The van der Waals surface area contributed by atoms with Crippen LogP contribution in [0.4, 0.5) is 0 Å². The standard InChI is InChI=1S/C34H50O10S/c1-24(2)21-32-27(5)22-25(3)17-20-29(36)26(4)18-19-28(35)23-30(37)34(39)31(44-45(40,41)42)15-13-11-9-7-6-8-10-12-14-16-33(38)43-32/h6-10,12,14,16-17,20,22,24,26-28,31-32,34-35,39H,11,13,15,18-19,21,23H2,1-5H3,(H,40,41,42)/b8-6+,9-7+,12-10+,16-14+,20-17+,25-22+. The molecule has 0 amide bonds. The molecular weight excluding hydrogens is 600 g/mol. The highest BCUT2D eigenvalue weighted by Gasteiger charge is 2.31. The third kappa shape index (κ3) is 18.6. The number of allylic oxidation sites excluding steroid dienone is 10. The Labute approximate surface area is 268 Å². The number of hydrogen-bond donors (Lipinski definition) is 3. The van der Waals surface area contributed by atoms with Gasteiger partial charge in [0.05, 0.1) is 6.10 Å². The van der Waals surface area contributed by atoms with Gasteiger partial charge in [-0.05, 0) is 57.4 Å². The van der Waals surface area contributed by atoms with Crippen LogP contribution in [-0.2, 0) is 33.7 Å². The van der Waals surface area contributed by atoms with Gasteiger partial charge < -0.3 is 14.9 Å². The van der Waals surface area contributed by atoms with E-state index in [4.69, 9.17) is 9.29 Å². The summed E-state index contributed by atoms with van der Waals surface area (Å²) in [6.07, 6.45) is 14.8.